The van der Waals surface area contributed by atoms with Gasteiger partial charge in [-0.25, -0.2) is 4.99 Å². The van der Waals surface area contributed by atoms with Gasteiger partial charge in [0.05, 0.1) is 17.9 Å². The lowest BCUT2D eigenvalue weighted by Crippen LogP contribution is -2.58. The van der Waals surface area contributed by atoms with Gasteiger partial charge in [-0.1, -0.05) is 44.2 Å². The van der Waals surface area contributed by atoms with Crippen LogP contribution in [0.2, 0.25) is 5.02 Å². The molecule has 0 saturated carbocycles. The summed E-state index contributed by atoms with van der Waals surface area (Å²) in [7, 11) is 0. The lowest BCUT2D eigenvalue weighted by molar-refractivity contribution is 0.105. The van der Waals surface area contributed by atoms with Crippen molar-refractivity contribution in [3.05, 3.63) is 65.4 Å². The predicted molar refractivity (Wildman–Crippen MR) is 122 cm³/mol. The summed E-state index contributed by atoms with van der Waals surface area (Å²) >= 11 is 6.25. The minimum absolute atomic E-state index is 0.170. The number of halogens is 1. The van der Waals surface area contributed by atoms with Crippen molar-refractivity contribution < 1.29 is 9.47 Å². The van der Waals surface area contributed by atoms with E-state index in [4.69, 9.17) is 26.1 Å². The number of nitrogens with zero attached hydrogens (tertiary/aromatic N) is 2. The van der Waals surface area contributed by atoms with Crippen LogP contribution in [0.3, 0.4) is 0 Å². The van der Waals surface area contributed by atoms with Gasteiger partial charge in [0.25, 0.3) is 0 Å². The van der Waals surface area contributed by atoms with E-state index < -0.39 is 0 Å². The number of aliphatic imine (C=N–C) groups is 1. The minimum atomic E-state index is -0.225. The summed E-state index contributed by atoms with van der Waals surface area (Å²) in [6, 6.07) is 13.8. The summed E-state index contributed by atoms with van der Waals surface area (Å²) in [5, 5.41) is 4.28. The largest absolute Gasteiger partial charge is 0.498 e. The van der Waals surface area contributed by atoms with E-state index in [1.165, 1.54) is 0 Å². The van der Waals surface area contributed by atoms with E-state index in [1.807, 2.05) is 43.3 Å². The van der Waals surface area contributed by atoms with Crippen LogP contribution in [0, 0.1) is 5.41 Å². The van der Waals surface area contributed by atoms with Crippen LogP contribution in [-0.2, 0) is 4.74 Å². The Bertz CT molecular complexity index is 986. The first kappa shape index (κ1) is 20.8. The van der Waals surface area contributed by atoms with E-state index in [9.17, 15) is 0 Å². The highest BCUT2D eigenvalue weighted by Crippen LogP contribution is 2.40. The van der Waals surface area contributed by atoms with Crippen molar-refractivity contribution in [2.45, 2.75) is 26.8 Å². The molecule has 1 atom stereocenters. The molecule has 1 saturated heterocycles. The summed E-state index contributed by atoms with van der Waals surface area (Å²) in [4.78, 5) is 7.33. The second-order valence-electron chi connectivity index (χ2n) is 8.18. The van der Waals surface area contributed by atoms with Gasteiger partial charge in [-0.2, -0.15) is 0 Å². The van der Waals surface area contributed by atoms with Crippen molar-refractivity contribution in [1.82, 2.24) is 10.2 Å². The number of piperazine rings is 1. The molecule has 6 heteroatoms. The lowest BCUT2D eigenvalue weighted by atomic mass is 9.81. The monoisotopic (exact) mass is 425 g/mol. The number of para-hydroxylation sites is 1. The summed E-state index contributed by atoms with van der Waals surface area (Å²) in [6.45, 7) is 13.6. The number of amidine groups is 1. The Kier molecular flexibility index (Phi) is 5.76. The van der Waals surface area contributed by atoms with Crippen LogP contribution >= 0.6 is 11.6 Å². The van der Waals surface area contributed by atoms with E-state index in [-0.39, 0.29) is 11.5 Å². The quantitative estimate of drug-likeness (QED) is 0.668. The molecule has 0 unspecified atom stereocenters. The van der Waals surface area contributed by atoms with Gasteiger partial charge in [-0.15, -0.1) is 0 Å². The van der Waals surface area contributed by atoms with Crippen LogP contribution in [0.1, 0.15) is 26.3 Å². The van der Waals surface area contributed by atoms with Crippen LogP contribution in [0.5, 0.6) is 11.5 Å². The van der Waals surface area contributed by atoms with Gasteiger partial charge >= 0.3 is 0 Å². The Morgan fingerprint density at radius 3 is 2.90 bits per heavy atom. The molecule has 2 aromatic rings. The summed E-state index contributed by atoms with van der Waals surface area (Å²) in [5.74, 6) is 3.20. The fourth-order valence-corrected chi connectivity index (χ4v) is 4.09. The average Bonchev–Trinajstić information content (AvgIpc) is 2.90. The number of nitrogens with one attached hydrogen (secondary N) is 1. The van der Waals surface area contributed by atoms with Crippen LogP contribution in [0.25, 0.3) is 0 Å². The minimum Gasteiger partial charge on any atom is -0.498 e. The molecular formula is C24H28ClN3O2. The Balaban J connectivity index is 1.72. The molecule has 2 aliphatic rings. The second kappa shape index (κ2) is 8.32. The molecule has 1 fully saturated rings. The Hall–Kier alpha value is -2.50. The normalized spacial score (nSPS) is 18.5. The van der Waals surface area contributed by atoms with E-state index in [0.717, 1.165) is 48.2 Å². The molecule has 1 N–H and O–H groups in total. The van der Waals surface area contributed by atoms with E-state index in [2.05, 4.69) is 36.7 Å². The van der Waals surface area contributed by atoms with Gasteiger partial charge < -0.3 is 19.7 Å². The number of hydrogen-bond donors (Lipinski definition) is 1. The molecule has 158 valence electrons. The zero-order valence-corrected chi connectivity index (χ0v) is 18.5. The molecule has 4 rings (SSSR count). The fourth-order valence-electron chi connectivity index (χ4n) is 3.92. The lowest BCUT2D eigenvalue weighted by Gasteiger charge is -2.43. The maximum Gasteiger partial charge on any atom is 0.153 e. The first-order valence-electron chi connectivity index (χ1n) is 10.4. The smallest absolute Gasteiger partial charge is 0.153 e. The molecule has 2 heterocycles. The highest BCUT2D eigenvalue weighted by molar-refractivity contribution is 6.31. The highest BCUT2D eigenvalue weighted by Gasteiger charge is 2.38. The molecular weight excluding hydrogens is 398 g/mol. The summed E-state index contributed by atoms with van der Waals surface area (Å²) in [5.41, 5.74) is 1.49. The number of ether oxygens (including phenoxy) is 2. The van der Waals surface area contributed by atoms with Gasteiger partial charge in [-0.3, -0.25) is 0 Å². The highest BCUT2D eigenvalue weighted by atomic mass is 35.5. The Labute approximate surface area is 183 Å². The molecule has 0 bridgehead atoms. The zero-order valence-electron chi connectivity index (χ0n) is 17.7. The fraction of sp³-hybridized carbons (Fsp3) is 0.375. The number of rotatable bonds is 4. The predicted octanol–water partition coefficient (Wildman–Crippen LogP) is 5.37. The third kappa shape index (κ3) is 3.92. The third-order valence-electron chi connectivity index (χ3n) is 5.88. The molecule has 0 amide bonds. The van der Waals surface area contributed by atoms with Crippen LogP contribution in [-0.4, -0.2) is 43.0 Å². The van der Waals surface area contributed by atoms with Gasteiger partial charge in [0.1, 0.15) is 17.3 Å². The molecule has 30 heavy (non-hydrogen) atoms. The molecule has 0 aliphatic carbocycles. The molecule has 0 spiro atoms. The maximum atomic E-state index is 6.25. The maximum absolute atomic E-state index is 6.25. The van der Waals surface area contributed by atoms with Crippen LogP contribution in [0.15, 0.2) is 59.8 Å². The van der Waals surface area contributed by atoms with Crippen molar-refractivity contribution in [1.29, 1.82) is 0 Å². The average molecular weight is 426 g/mol. The van der Waals surface area contributed by atoms with Gasteiger partial charge in [0, 0.05) is 36.1 Å². The van der Waals surface area contributed by atoms with E-state index in [0.29, 0.717) is 17.4 Å². The van der Waals surface area contributed by atoms with Crippen LogP contribution in [0.4, 0.5) is 5.69 Å². The molecule has 2 aromatic carbocycles. The molecule has 5 nitrogen and oxygen atoms in total. The van der Waals surface area contributed by atoms with Crippen molar-refractivity contribution in [2.75, 3.05) is 26.2 Å². The van der Waals surface area contributed by atoms with E-state index in [1.54, 1.807) is 0 Å². The SMILES string of the molecule is C=C(OCC)C(C)(C)[C@H]1CN(C2=Nc3cc(Cl)ccc3Oc3ccccc32)CCN1. The number of hydrogen-bond acceptors (Lipinski definition) is 5. The van der Waals surface area contributed by atoms with Crippen molar-refractivity contribution in [3.8, 4) is 11.5 Å². The molecule has 0 aromatic heterocycles. The van der Waals surface area contributed by atoms with Gasteiger partial charge in [0.2, 0.25) is 0 Å². The van der Waals surface area contributed by atoms with Crippen molar-refractivity contribution in [2.24, 2.45) is 10.4 Å². The first-order valence-corrected chi connectivity index (χ1v) is 10.7. The molecule has 2 aliphatic heterocycles. The van der Waals surface area contributed by atoms with Gasteiger partial charge in [-0.05, 0) is 37.3 Å². The molecule has 0 radical (unpaired) electrons. The van der Waals surface area contributed by atoms with Crippen LogP contribution < -0.4 is 10.1 Å². The van der Waals surface area contributed by atoms with Crippen molar-refractivity contribution >= 4 is 23.1 Å². The van der Waals surface area contributed by atoms with Crippen molar-refractivity contribution in [3.63, 3.8) is 0 Å². The summed E-state index contributed by atoms with van der Waals surface area (Å²) < 4.78 is 12.0. The standard InChI is InChI=1S/C24H28ClN3O2/c1-5-29-16(2)24(3,4)22-15-28(13-12-26-22)23-18-8-6-7-9-20(18)30-21-11-10-17(25)14-19(21)27-23/h6-11,14,22,26H,2,5,12-13,15H2,1,3-4H3/t22-/m1/s1. The van der Waals surface area contributed by atoms with Gasteiger partial charge in [0.15, 0.2) is 5.75 Å². The topological polar surface area (TPSA) is 46.1 Å². The number of fused-ring (bicyclic) bond motifs is 2. The third-order valence-corrected chi connectivity index (χ3v) is 6.11. The second-order valence-corrected chi connectivity index (χ2v) is 8.61. The zero-order chi connectivity index (χ0) is 21.3. The Morgan fingerprint density at radius 1 is 1.30 bits per heavy atom. The first-order chi connectivity index (χ1) is 14.4. The Morgan fingerprint density at radius 2 is 2.10 bits per heavy atom. The number of benzene rings is 2. The van der Waals surface area contributed by atoms with E-state index >= 15 is 0 Å². The summed E-state index contributed by atoms with van der Waals surface area (Å²) in [6.07, 6.45) is 0.